The van der Waals surface area contributed by atoms with Crippen LogP contribution in [0.2, 0.25) is 0 Å². The number of amides is 1. The molecule has 1 heterocycles. The molecule has 0 atom stereocenters. The van der Waals surface area contributed by atoms with E-state index in [0.29, 0.717) is 16.2 Å². The summed E-state index contributed by atoms with van der Waals surface area (Å²) in [5.41, 5.74) is 3.10. The van der Waals surface area contributed by atoms with Gasteiger partial charge in [0.1, 0.15) is 12.3 Å². The minimum atomic E-state index is -0.453. The molecule has 0 saturated heterocycles. The number of ether oxygens (including phenoxy) is 2. The maximum absolute atomic E-state index is 13.0. The molecular weight excluding hydrogens is 462 g/mol. The Labute approximate surface area is 211 Å². The summed E-state index contributed by atoms with van der Waals surface area (Å²) in [7, 11) is 0. The highest BCUT2D eigenvalue weighted by molar-refractivity contribution is 8.06. The monoisotopic (exact) mass is 493 g/mol. The normalized spacial score (nSPS) is 14.7. The predicted octanol–water partition coefficient (Wildman–Crippen LogP) is 6.10. The second kappa shape index (κ2) is 11.9. The van der Waals surface area contributed by atoms with Gasteiger partial charge < -0.3 is 14.4 Å². The summed E-state index contributed by atoms with van der Waals surface area (Å²) in [4.78, 5) is 39.5. The molecule has 35 heavy (non-hydrogen) atoms. The molecule has 0 radical (unpaired) electrons. The molecule has 0 aliphatic carbocycles. The fourth-order valence-electron chi connectivity index (χ4n) is 3.64. The molecule has 184 valence electrons. The quantitative estimate of drug-likeness (QED) is 0.251. The summed E-state index contributed by atoms with van der Waals surface area (Å²) in [6.07, 6.45) is 3.40. The van der Waals surface area contributed by atoms with Gasteiger partial charge in [0, 0.05) is 6.20 Å². The fraction of sp³-hybridized carbons (Fsp3) is 0.321. The molecule has 1 amide bonds. The third kappa shape index (κ3) is 6.63. The molecule has 0 saturated carbocycles. The summed E-state index contributed by atoms with van der Waals surface area (Å²) in [6.45, 7) is 10.0. The largest absolute Gasteiger partial charge is 0.465 e. The van der Waals surface area contributed by atoms with Gasteiger partial charge in [0.05, 0.1) is 17.1 Å². The van der Waals surface area contributed by atoms with Gasteiger partial charge >= 0.3 is 11.9 Å². The van der Waals surface area contributed by atoms with Crippen molar-refractivity contribution in [2.75, 3.05) is 13.2 Å². The van der Waals surface area contributed by atoms with E-state index in [1.54, 1.807) is 42.8 Å². The Balaban J connectivity index is 1.97. The molecule has 0 spiro atoms. The van der Waals surface area contributed by atoms with Crippen LogP contribution in [0.1, 0.15) is 73.5 Å². The van der Waals surface area contributed by atoms with E-state index in [4.69, 9.17) is 9.47 Å². The van der Waals surface area contributed by atoms with Crippen LogP contribution in [0.5, 0.6) is 5.75 Å². The second-order valence-corrected chi connectivity index (χ2v) is 9.69. The molecule has 6 nitrogen and oxygen atoms in total. The number of carbonyl (C=O) groups is 3. The molecule has 3 rings (SSSR count). The van der Waals surface area contributed by atoms with E-state index in [2.05, 4.69) is 0 Å². The van der Waals surface area contributed by atoms with E-state index in [1.807, 2.05) is 52.0 Å². The van der Waals surface area contributed by atoms with Gasteiger partial charge in [0.15, 0.2) is 0 Å². The van der Waals surface area contributed by atoms with Gasteiger partial charge in [-0.05, 0) is 71.2 Å². The minimum Gasteiger partial charge on any atom is -0.465 e. The Morgan fingerprint density at radius 2 is 1.66 bits per heavy atom. The van der Waals surface area contributed by atoms with E-state index in [0.717, 1.165) is 16.7 Å². The maximum Gasteiger partial charge on any atom is 0.343 e. The Morgan fingerprint density at radius 1 is 1.03 bits per heavy atom. The van der Waals surface area contributed by atoms with Gasteiger partial charge in [-0.1, -0.05) is 57.7 Å². The van der Waals surface area contributed by atoms with Gasteiger partial charge in [-0.2, -0.15) is 0 Å². The number of carbonyl (C=O) groups excluding carboxylic acids is 3. The Hall–Kier alpha value is -3.32. The zero-order chi connectivity index (χ0) is 25.5. The van der Waals surface area contributed by atoms with Crippen LogP contribution >= 0.6 is 11.8 Å². The van der Waals surface area contributed by atoms with E-state index in [9.17, 15) is 14.4 Å². The smallest absolute Gasteiger partial charge is 0.343 e. The third-order valence-corrected chi connectivity index (χ3v) is 6.23. The summed E-state index contributed by atoms with van der Waals surface area (Å²) in [5, 5.41) is 1.77. The summed E-state index contributed by atoms with van der Waals surface area (Å²) in [5.74, 6) is -0.387. The highest BCUT2D eigenvalue weighted by atomic mass is 32.2. The van der Waals surface area contributed by atoms with Crippen LogP contribution in [0.4, 0.5) is 0 Å². The van der Waals surface area contributed by atoms with Crippen molar-refractivity contribution in [3.63, 3.8) is 0 Å². The predicted molar refractivity (Wildman–Crippen MR) is 139 cm³/mol. The van der Waals surface area contributed by atoms with Crippen LogP contribution < -0.4 is 4.74 Å². The van der Waals surface area contributed by atoms with Gasteiger partial charge in [-0.3, -0.25) is 9.59 Å². The summed E-state index contributed by atoms with van der Waals surface area (Å²) in [6, 6.07) is 12.8. The van der Waals surface area contributed by atoms with Crippen LogP contribution in [-0.4, -0.2) is 35.9 Å². The number of benzene rings is 2. The van der Waals surface area contributed by atoms with Crippen molar-refractivity contribution in [3.8, 4) is 5.75 Å². The molecule has 2 aromatic carbocycles. The van der Waals surface area contributed by atoms with Crippen molar-refractivity contribution in [2.24, 2.45) is 0 Å². The first-order chi connectivity index (χ1) is 16.7. The Morgan fingerprint density at radius 3 is 2.23 bits per heavy atom. The van der Waals surface area contributed by atoms with Gasteiger partial charge in [-0.25, -0.2) is 4.79 Å². The molecule has 0 bridgehead atoms. The highest BCUT2D eigenvalue weighted by Gasteiger charge is 2.24. The first-order valence-corrected chi connectivity index (χ1v) is 12.6. The van der Waals surface area contributed by atoms with Crippen LogP contribution in [0.25, 0.3) is 6.08 Å². The Kier molecular flexibility index (Phi) is 8.93. The second-order valence-electron chi connectivity index (χ2n) is 8.74. The number of nitrogens with zero attached hydrogens (tertiary/aromatic N) is 1. The van der Waals surface area contributed by atoms with Crippen LogP contribution in [0.15, 0.2) is 59.0 Å². The van der Waals surface area contributed by atoms with E-state index in [1.165, 1.54) is 16.7 Å². The first-order valence-electron chi connectivity index (χ1n) is 11.7. The standard InChI is InChI=1S/C28H31NO5S/c1-6-33-25(30)17-29-12-13-35-24(27(29)31)16-20-14-22(18(2)3)26(23(15-20)19(4)5)34-28(32)21-10-8-7-9-11-21/h7-16,18-19H,6,17H2,1-5H3. The molecule has 0 aromatic heterocycles. The molecule has 2 aromatic rings. The third-order valence-electron chi connectivity index (χ3n) is 5.43. The lowest BCUT2D eigenvalue weighted by molar-refractivity contribution is -0.146. The molecular formula is C28H31NO5S. The fourth-order valence-corrected chi connectivity index (χ4v) is 4.41. The lowest BCUT2D eigenvalue weighted by Crippen LogP contribution is -2.33. The molecule has 1 aliphatic heterocycles. The Bertz CT molecular complexity index is 1120. The topological polar surface area (TPSA) is 72.9 Å². The van der Waals surface area contributed by atoms with Crippen molar-refractivity contribution < 1.29 is 23.9 Å². The van der Waals surface area contributed by atoms with Crippen molar-refractivity contribution >= 4 is 35.7 Å². The van der Waals surface area contributed by atoms with Crippen molar-refractivity contribution in [2.45, 2.75) is 46.5 Å². The summed E-state index contributed by atoms with van der Waals surface area (Å²) >= 11 is 1.30. The van der Waals surface area contributed by atoms with E-state index < -0.39 is 11.9 Å². The van der Waals surface area contributed by atoms with Gasteiger partial charge in [0.25, 0.3) is 5.91 Å². The van der Waals surface area contributed by atoms with Crippen LogP contribution in [0.3, 0.4) is 0 Å². The van der Waals surface area contributed by atoms with Crippen molar-refractivity contribution in [1.29, 1.82) is 0 Å². The summed E-state index contributed by atoms with van der Waals surface area (Å²) < 4.78 is 10.9. The average molecular weight is 494 g/mol. The minimum absolute atomic E-state index is 0.0827. The number of hydrogen-bond acceptors (Lipinski definition) is 6. The van der Waals surface area contributed by atoms with E-state index >= 15 is 0 Å². The van der Waals surface area contributed by atoms with Crippen molar-refractivity contribution in [3.05, 3.63) is 81.2 Å². The van der Waals surface area contributed by atoms with Crippen molar-refractivity contribution in [1.82, 2.24) is 4.90 Å². The first kappa shape index (κ1) is 26.3. The maximum atomic E-state index is 13.0. The zero-order valence-corrected chi connectivity index (χ0v) is 21.6. The zero-order valence-electron chi connectivity index (χ0n) is 20.7. The molecule has 7 heteroatoms. The number of rotatable bonds is 8. The molecule has 0 unspecified atom stereocenters. The van der Waals surface area contributed by atoms with Crippen LogP contribution in [-0.2, 0) is 14.3 Å². The highest BCUT2D eigenvalue weighted by Crippen LogP contribution is 2.38. The number of hydrogen-bond donors (Lipinski definition) is 0. The lowest BCUT2D eigenvalue weighted by atomic mass is 9.91. The average Bonchev–Trinajstić information content (AvgIpc) is 2.82. The lowest BCUT2D eigenvalue weighted by Gasteiger charge is -2.23. The molecule has 0 fully saturated rings. The van der Waals surface area contributed by atoms with Gasteiger partial charge in [0.2, 0.25) is 0 Å². The van der Waals surface area contributed by atoms with Crippen LogP contribution in [0, 0.1) is 0 Å². The molecule has 0 N–H and O–H groups in total. The SMILES string of the molecule is CCOC(=O)CN1C=CSC(=Cc2cc(C(C)C)c(OC(=O)c3ccccc3)c(C(C)C)c2)C1=O. The molecule has 1 aliphatic rings. The number of thioether (sulfide) groups is 1. The van der Waals surface area contributed by atoms with Gasteiger partial charge in [-0.15, -0.1) is 0 Å². The number of esters is 2. The van der Waals surface area contributed by atoms with E-state index in [-0.39, 0.29) is 30.9 Å².